The molecule has 2 aromatic rings. The van der Waals surface area contributed by atoms with Crippen molar-refractivity contribution >= 4 is 36.9 Å². The lowest BCUT2D eigenvalue weighted by atomic mass is 10.2. The van der Waals surface area contributed by atoms with Gasteiger partial charge in [0.1, 0.15) is 5.75 Å². The van der Waals surface area contributed by atoms with Crippen LogP contribution in [0.25, 0.3) is 10.9 Å². The minimum atomic E-state index is -4.16. The van der Waals surface area contributed by atoms with Crippen molar-refractivity contribution in [2.24, 2.45) is 0 Å². The predicted molar refractivity (Wildman–Crippen MR) is 65.7 cm³/mol. The minimum Gasteiger partial charge on any atom is -0.409 e. The van der Waals surface area contributed by atoms with Crippen LogP contribution in [0, 0.1) is 0 Å². The van der Waals surface area contributed by atoms with Crippen LogP contribution in [0.5, 0.6) is 5.75 Å². The molecule has 2 rings (SSSR count). The molecular formula is C10H7ClN2O4S. The first-order chi connectivity index (χ1) is 8.46. The summed E-state index contributed by atoms with van der Waals surface area (Å²) in [6, 6.07) is 8.25. The van der Waals surface area contributed by atoms with Crippen molar-refractivity contribution in [3.05, 3.63) is 36.5 Å². The molecule has 94 valence electrons. The maximum atomic E-state index is 11.3. The molecule has 1 N–H and O–H groups in total. The number of nitrogens with zero attached hydrogens (tertiary/aromatic N) is 1. The summed E-state index contributed by atoms with van der Waals surface area (Å²) in [6.45, 7) is 0. The van der Waals surface area contributed by atoms with E-state index in [9.17, 15) is 13.2 Å². The molecule has 0 saturated carbocycles. The Hall–Kier alpha value is -1.86. The minimum absolute atomic E-state index is 0.193. The first-order valence-electron chi connectivity index (χ1n) is 4.74. The Labute approximate surface area is 107 Å². The molecule has 1 amide bonds. The van der Waals surface area contributed by atoms with Crippen molar-refractivity contribution in [2.45, 2.75) is 0 Å². The number of aromatic nitrogens is 1. The second kappa shape index (κ2) is 4.79. The van der Waals surface area contributed by atoms with Gasteiger partial charge in [-0.1, -0.05) is 6.07 Å². The van der Waals surface area contributed by atoms with Crippen molar-refractivity contribution in [3.8, 4) is 5.75 Å². The van der Waals surface area contributed by atoms with E-state index in [1.165, 1.54) is 10.8 Å². The van der Waals surface area contributed by atoms with Crippen LogP contribution in [0.15, 0.2) is 36.5 Å². The number of pyridine rings is 1. The van der Waals surface area contributed by atoms with Crippen LogP contribution in [0.2, 0.25) is 0 Å². The molecular weight excluding hydrogens is 280 g/mol. The molecule has 1 heterocycles. The van der Waals surface area contributed by atoms with Crippen LogP contribution >= 0.6 is 10.7 Å². The first kappa shape index (κ1) is 12.6. The molecule has 6 nitrogen and oxygen atoms in total. The van der Waals surface area contributed by atoms with Crippen LogP contribution in [0.3, 0.4) is 0 Å². The molecule has 0 radical (unpaired) electrons. The number of nitrogens with one attached hydrogen (secondary N) is 1. The van der Waals surface area contributed by atoms with E-state index in [-0.39, 0.29) is 5.75 Å². The fourth-order valence-corrected chi connectivity index (χ4v) is 1.81. The van der Waals surface area contributed by atoms with E-state index in [4.69, 9.17) is 15.4 Å². The lowest BCUT2D eigenvalue weighted by molar-refractivity contribution is 0.207. The Morgan fingerprint density at radius 1 is 1.28 bits per heavy atom. The average molecular weight is 287 g/mol. The lowest BCUT2D eigenvalue weighted by Crippen LogP contribution is -2.29. The van der Waals surface area contributed by atoms with Gasteiger partial charge in [0.25, 0.3) is 0 Å². The molecule has 0 aliphatic rings. The number of ether oxygens (including phenoxy) is 1. The Kier molecular flexibility index (Phi) is 3.35. The third kappa shape index (κ3) is 3.08. The van der Waals surface area contributed by atoms with Crippen LogP contribution < -0.4 is 9.46 Å². The summed E-state index contributed by atoms with van der Waals surface area (Å²) in [5.74, 6) is 0.193. The number of carbonyl (C=O) groups is 1. The molecule has 18 heavy (non-hydrogen) atoms. The average Bonchev–Trinajstić information content (AvgIpc) is 2.27. The summed E-state index contributed by atoms with van der Waals surface area (Å²) < 4.78 is 27.6. The quantitative estimate of drug-likeness (QED) is 0.851. The predicted octanol–water partition coefficient (Wildman–Crippen LogP) is 1.81. The topological polar surface area (TPSA) is 85.4 Å². The Morgan fingerprint density at radius 2 is 2.06 bits per heavy atom. The smallest absolute Gasteiger partial charge is 0.409 e. The summed E-state index contributed by atoms with van der Waals surface area (Å²) in [6.07, 6.45) is 0.413. The number of fused-ring (bicyclic) bond motifs is 1. The number of hydrogen-bond donors (Lipinski definition) is 1. The number of benzene rings is 1. The van der Waals surface area contributed by atoms with E-state index in [0.717, 1.165) is 0 Å². The fraction of sp³-hybridized carbons (Fsp3) is 0. The summed E-state index contributed by atoms with van der Waals surface area (Å²) in [5.41, 5.74) is 0.622. The molecule has 0 aliphatic heterocycles. The zero-order chi connectivity index (χ0) is 13.2. The van der Waals surface area contributed by atoms with E-state index in [0.29, 0.717) is 10.9 Å². The van der Waals surface area contributed by atoms with Gasteiger partial charge in [0.15, 0.2) is 0 Å². The molecule has 1 aromatic carbocycles. The Morgan fingerprint density at radius 3 is 2.78 bits per heavy atom. The highest BCUT2D eigenvalue weighted by molar-refractivity contribution is 8.12. The van der Waals surface area contributed by atoms with E-state index in [1.807, 2.05) is 0 Å². The molecule has 0 unspecified atom stereocenters. The largest absolute Gasteiger partial charge is 0.427 e. The number of amides is 1. The normalized spacial score (nSPS) is 11.2. The highest BCUT2D eigenvalue weighted by atomic mass is 35.7. The van der Waals surface area contributed by atoms with Gasteiger partial charge >= 0.3 is 15.3 Å². The maximum Gasteiger partial charge on any atom is 0.427 e. The zero-order valence-electron chi connectivity index (χ0n) is 8.83. The number of carbonyl (C=O) groups excluding carboxylic acids is 1. The monoisotopic (exact) mass is 286 g/mol. The Bertz CT molecular complexity index is 697. The molecule has 1 aromatic heterocycles. The maximum absolute atomic E-state index is 11.3. The highest BCUT2D eigenvalue weighted by Gasteiger charge is 2.13. The van der Waals surface area contributed by atoms with E-state index < -0.39 is 15.3 Å². The molecule has 8 heteroatoms. The molecule has 0 fully saturated rings. The summed E-state index contributed by atoms with van der Waals surface area (Å²) in [4.78, 5) is 15.3. The lowest BCUT2D eigenvalue weighted by Gasteiger charge is -2.06. The van der Waals surface area contributed by atoms with Gasteiger partial charge in [-0.25, -0.2) is 9.52 Å². The van der Waals surface area contributed by atoms with Crippen LogP contribution in [0.1, 0.15) is 0 Å². The number of hydrogen-bond acceptors (Lipinski definition) is 5. The number of rotatable bonds is 2. The third-order valence-corrected chi connectivity index (χ3v) is 2.66. The van der Waals surface area contributed by atoms with E-state index in [1.54, 1.807) is 30.5 Å². The van der Waals surface area contributed by atoms with Gasteiger partial charge in [-0.3, -0.25) is 4.98 Å². The van der Waals surface area contributed by atoms with Gasteiger partial charge < -0.3 is 4.74 Å². The van der Waals surface area contributed by atoms with Crippen molar-refractivity contribution in [3.63, 3.8) is 0 Å². The summed E-state index contributed by atoms with van der Waals surface area (Å²) >= 11 is 0. The van der Waals surface area contributed by atoms with Gasteiger partial charge in [0.05, 0.1) is 5.52 Å². The van der Waals surface area contributed by atoms with Gasteiger partial charge in [-0.05, 0) is 24.3 Å². The van der Waals surface area contributed by atoms with Gasteiger partial charge in [-0.2, -0.15) is 8.42 Å². The zero-order valence-corrected chi connectivity index (χ0v) is 10.4. The van der Waals surface area contributed by atoms with Gasteiger partial charge in [-0.15, -0.1) is 0 Å². The SMILES string of the molecule is O=C(NS(=O)(=O)Cl)Oc1cccc2ncccc12. The molecule has 0 atom stereocenters. The second-order valence-electron chi connectivity index (χ2n) is 3.26. The van der Waals surface area contributed by atoms with Crippen LogP contribution in [0.4, 0.5) is 4.79 Å². The molecule has 0 saturated heterocycles. The standard InChI is InChI=1S/C10H7ClN2O4S/c11-18(15,16)13-10(14)17-9-5-1-4-8-7(9)3-2-6-12-8/h1-6H,(H,13,14). The van der Waals surface area contributed by atoms with Crippen molar-refractivity contribution in [2.75, 3.05) is 0 Å². The summed E-state index contributed by atoms with van der Waals surface area (Å²) in [7, 11) is 0.696. The third-order valence-electron chi connectivity index (χ3n) is 2.01. The van der Waals surface area contributed by atoms with Gasteiger partial charge in [0, 0.05) is 22.3 Å². The first-order valence-corrected chi connectivity index (χ1v) is 7.04. The summed E-state index contributed by atoms with van der Waals surface area (Å²) in [5, 5.41) is 0.585. The van der Waals surface area contributed by atoms with E-state index in [2.05, 4.69) is 4.98 Å². The van der Waals surface area contributed by atoms with Crippen molar-refractivity contribution in [1.82, 2.24) is 9.71 Å². The fourth-order valence-electron chi connectivity index (χ4n) is 1.38. The van der Waals surface area contributed by atoms with Crippen LogP contribution in [-0.4, -0.2) is 19.5 Å². The highest BCUT2D eigenvalue weighted by Crippen LogP contribution is 2.23. The molecule has 0 spiro atoms. The Balaban J connectivity index is 2.30. The van der Waals surface area contributed by atoms with Gasteiger partial charge in [0.2, 0.25) is 0 Å². The van der Waals surface area contributed by atoms with E-state index >= 15 is 0 Å². The molecule has 0 aliphatic carbocycles. The second-order valence-corrected chi connectivity index (χ2v) is 5.55. The van der Waals surface area contributed by atoms with Crippen molar-refractivity contribution < 1.29 is 17.9 Å². The molecule has 0 bridgehead atoms. The van der Waals surface area contributed by atoms with Crippen molar-refractivity contribution in [1.29, 1.82) is 0 Å². The van der Waals surface area contributed by atoms with Crippen LogP contribution in [-0.2, 0) is 9.24 Å². The number of halogens is 1.